The Bertz CT molecular complexity index is 560. The van der Waals surface area contributed by atoms with Crippen molar-refractivity contribution in [3.05, 3.63) is 35.0 Å². The van der Waals surface area contributed by atoms with Crippen LogP contribution in [0.15, 0.2) is 30.3 Å². The van der Waals surface area contributed by atoms with Crippen LogP contribution in [0.4, 0.5) is 0 Å². The number of H-pyrrole nitrogens is 1. The average molecular weight is 248 g/mol. The highest BCUT2D eigenvalue weighted by Gasteiger charge is 2.08. The van der Waals surface area contributed by atoms with Gasteiger partial charge in [0.05, 0.1) is 19.9 Å². The molecule has 1 heterocycles. The lowest BCUT2D eigenvalue weighted by atomic mass is 10.1. The van der Waals surface area contributed by atoms with Gasteiger partial charge in [-0.15, -0.1) is 0 Å². The van der Waals surface area contributed by atoms with Crippen molar-refractivity contribution < 1.29 is 9.47 Å². The van der Waals surface area contributed by atoms with E-state index in [-0.39, 0.29) is 0 Å². The van der Waals surface area contributed by atoms with Gasteiger partial charge in [0.25, 0.3) is 0 Å². The van der Waals surface area contributed by atoms with Crippen LogP contribution < -0.4 is 9.47 Å². The van der Waals surface area contributed by atoms with Gasteiger partial charge in [-0.3, -0.25) is 5.10 Å². The Morgan fingerprint density at radius 3 is 2.53 bits per heavy atom. The van der Waals surface area contributed by atoms with Crippen LogP contribution in [0.2, 0.25) is 0 Å². The molecule has 0 saturated carbocycles. The number of methoxy groups -OCH3 is 2. The minimum Gasteiger partial charge on any atom is -0.497 e. The number of benzene rings is 1. The molecule has 88 valence electrons. The molecule has 5 heteroatoms. The second kappa shape index (κ2) is 4.97. The highest BCUT2D eigenvalue weighted by atomic mass is 32.1. The maximum absolute atomic E-state index is 5.29. The van der Waals surface area contributed by atoms with Gasteiger partial charge < -0.3 is 9.47 Å². The molecule has 0 aliphatic rings. The highest BCUT2D eigenvalue weighted by Crippen LogP contribution is 2.31. The summed E-state index contributed by atoms with van der Waals surface area (Å²) in [5.41, 5.74) is 1.62. The van der Waals surface area contributed by atoms with Gasteiger partial charge in [-0.1, -0.05) is 12.2 Å². The summed E-state index contributed by atoms with van der Waals surface area (Å²) in [6, 6.07) is 9.19. The van der Waals surface area contributed by atoms with Crippen LogP contribution in [0, 0.1) is 4.64 Å². The van der Waals surface area contributed by atoms with Gasteiger partial charge in [-0.2, -0.15) is 5.10 Å². The molecule has 0 aliphatic carbocycles. The molecule has 0 radical (unpaired) electrons. The molecular weight excluding hydrogens is 236 g/mol. The molecule has 0 amide bonds. The predicted molar refractivity (Wildman–Crippen MR) is 68.0 cm³/mol. The fraction of sp³-hybridized carbons (Fsp3) is 0.167. The van der Waals surface area contributed by atoms with Crippen molar-refractivity contribution in [3.8, 4) is 22.8 Å². The van der Waals surface area contributed by atoms with Crippen LogP contribution in [0.3, 0.4) is 0 Å². The third kappa shape index (κ3) is 2.45. The van der Waals surface area contributed by atoms with E-state index in [0.29, 0.717) is 4.64 Å². The average Bonchev–Trinajstić information content (AvgIpc) is 2.39. The van der Waals surface area contributed by atoms with E-state index in [2.05, 4.69) is 10.2 Å². The van der Waals surface area contributed by atoms with Crippen LogP contribution >= 0.6 is 12.2 Å². The first kappa shape index (κ1) is 11.6. The summed E-state index contributed by atoms with van der Waals surface area (Å²) in [5.74, 6) is 1.49. The Balaban J connectivity index is 2.55. The summed E-state index contributed by atoms with van der Waals surface area (Å²) in [6.45, 7) is 0. The molecule has 0 atom stereocenters. The fourth-order valence-electron chi connectivity index (χ4n) is 1.51. The first-order chi connectivity index (χ1) is 8.24. The quantitative estimate of drug-likeness (QED) is 0.848. The number of rotatable bonds is 3. The molecule has 2 aromatic rings. The molecule has 0 bridgehead atoms. The molecule has 1 N–H and O–H groups in total. The van der Waals surface area contributed by atoms with E-state index in [4.69, 9.17) is 21.7 Å². The summed E-state index contributed by atoms with van der Waals surface area (Å²) < 4.78 is 11.1. The lowest BCUT2D eigenvalue weighted by Gasteiger charge is -2.09. The summed E-state index contributed by atoms with van der Waals surface area (Å²) in [4.78, 5) is 0. The van der Waals surface area contributed by atoms with E-state index in [9.17, 15) is 0 Å². The van der Waals surface area contributed by atoms with Crippen LogP contribution in [-0.2, 0) is 0 Å². The molecule has 1 aromatic heterocycles. The number of nitrogens with zero attached hydrogens (tertiary/aromatic N) is 1. The second-order valence-electron chi connectivity index (χ2n) is 3.37. The lowest BCUT2D eigenvalue weighted by molar-refractivity contribution is 0.404. The van der Waals surface area contributed by atoms with Gasteiger partial charge in [-0.05, 0) is 30.3 Å². The SMILES string of the molecule is COc1ccc(OC)c(-c2ccc(=S)[nH]n2)c1. The van der Waals surface area contributed by atoms with Crippen molar-refractivity contribution in [2.45, 2.75) is 0 Å². The molecule has 0 saturated heterocycles. The number of hydrogen-bond acceptors (Lipinski definition) is 4. The van der Waals surface area contributed by atoms with E-state index in [1.165, 1.54) is 0 Å². The Labute approximate surface area is 104 Å². The largest absolute Gasteiger partial charge is 0.497 e. The Morgan fingerprint density at radius 1 is 1.12 bits per heavy atom. The molecule has 0 spiro atoms. The third-order valence-corrected chi connectivity index (χ3v) is 2.59. The van der Waals surface area contributed by atoms with Crippen molar-refractivity contribution in [1.29, 1.82) is 0 Å². The number of ether oxygens (including phenoxy) is 2. The number of aromatic amines is 1. The Kier molecular flexibility index (Phi) is 3.39. The highest BCUT2D eigenvalue weighted by molar-refractivity contribution is 7.71. The van der Waals surface area contributed by atoms with Crippen LogP contribution in [0.25, 0.3) is 11.3 Å². The Hall–Kier alpha value is -1.88. The monoisotopic (exact) mass is 248 g/mol. The van der Waals surface area contributed by atoms with Crippen LogP contribution in [-0.4, -0.2) is 24.4 Å². The van der Waals surface area contributed by atoms with Gasteiger partial charge >= 0.3 is 0 Å². The first-order valence-electron chi connectivity index (χ1n) is 5.02. The Morgan fingerprint density at radius 2 is 1.94 bits per heavy atom. The van der Waals surface area contributed by atoms with E-state index < -0.39 is 0 Å². The molecule has 17 heavy (non-hydrogen) atoms. The summed E-state index contributed by atoms with van der Waals surface area (Å²) in [5, 5.41) is 6.92. The second-order valence-corrected chi connectivity index (χ2v) is 3.81. The van der Waals surface area contributed by atoms with Crippen molar-refractivity contribution in [2.75, 3.05) is 14.2 Å². The first-order valence-corrected chi connectivity index (χ1v) is 5.43. The molecule has 0 unspecified atom stereocenters. The van der Waals surface area contributed by atoms with E-state index in [0.717, 1.165) is 22.8 Å². The summed E-state index contributed by atoms with van der Waals surface area (Å²) in [6.07, 6.45) is 0. The van der Waals surface area contributed by atoms with Gasteiger partial charge in [0.2, 0.25) is 0 Å². The van der Waals surface area contributed by atoms with Gasteiger partial charge in [0, 0.05) is 5.56 Å². The predicted octanol–water partition coefficient (Wildman–Crippen LogP) is 2.82. The van der Waals surface area contributed by atoms with Gasteiger partial charge in [-0.25, -0.2) is 0 Å². The van der Waals surface area contributed by atoms with E-state index >= 15 is 0 Å². The number of hydrogen-bond donors (Lipinski definition) is 1. The lowest BCUT2D eigenvalue weighted by Crippen LogP contribution is -1.93. The maximum Gasteiger partial charge on any atom is 0.128 e. The molecule has 0 fully saturated rings. The zero-order valence-electron chi connectivity index (χ0n) is 9.56. The van der Waals surface area contributed by atoms with E-state index in [1.54, 1.807) is 20.3 Å². The molecule has 2 rings (SSSR count). The molecule has 1 aromatic carbocycles. The number of aromatic nitrogens is 2. The smallest absolute Gasteiger partial charge is 0.128 e. The van der Waals surface area contributed by atoms with Gasteiger partial charge in [0.1, 0.15) is 16.1 Å². The summed E-state index contributed by atoms with van der Waals surface area (Å²) in [7, 11) is 3.24. The minimum absolute atomic E-state index is 0.593. The minimum atomic E-state index is 0.593. The van der Waals surface area contributed by atoms with Crippen LogP contribution in [0.1, 0.15) is 0 Å². The third-order valence-electron chi connectivity index (χ3n) is 2.36. The molecular formula is C12H12N2O2S. The van der Waals surface area contributed by atoms with Gasteiger partial charge in [0.15, 0.2) is 0 Å². The normalized spacial score (nSPS) is 10.0. The van der Waals surface area contributed by atoms with Crippen molar-refractivity contribution >= 4 is 12.2 Å². The number of nitrogens with one attached hydrogen (secondary N) is 1. The van der Waals surface area contributed by atoms with E-state index in [1.807, 2.05) is 24.3 Å². The van der Waals surface area contributed by atoms with Crippen molar-refractivity contribution in [1.82, 2.24) is 10.2 Å². The van der Waals surface area contributed by atoms with Crippen LogP contribution in [0.5, 0.6) is 11.5 Å². The van der Waals surface area contributed by atoms with Crippen molar-refractivity contribution in [2.24, 2.45) is 0 Å². The molecule has 4 nitrogen and oxygen atoms in total. The molecule has 0 aliphatic heterocycles. The zero-order valence-corrected chi connectivity index (χ0v) is 10.4. The fourth-order valence-corrected chi connectivity index (χ4v) is 1.62. The maximum atomic E-state index is 5.29. The summed E-state index contributed by atoms with van der Waals surface area (Å²) >= 11 is 4.96. The zero-order chi connectivity index (χ0) is 12.3. The topological polar surface area (TPSA) is 47.1 Å². The van der Waals surface area contributed by atoms with Crippen molar-refractivity contribution in [3.63, 3.8) is 0 Å². The standard InChI is InChI=1S/C12H12N2O2S/c1-15-8-3-5-11(16-2)9(7-8)10-4-6-12(17)14-13-10/h3-7H,1-2H3,(H,14,17).